The van der Waals surface area contributed by atoms with Gasteiger partial charge in [-0.05, 0) is 60.9 Å². The van der Waals surface area contributed by atoms with E-state index >= 15 is 0 Å². The van der Waals surface area contributed by atoms with Crippen LogP contribution in [-0.4, -0.2) is 30.6 Å². The molecule has 1 atom stereocenters. The second kappa shape index (κ2) is 8.79. The van der Waals surface area contributed by atoms with Gasteiger partial charge in [0.05, 0.1) is 24.4 Å². The van der Waals surface area contributed by atoms with E-state index in [1.165, 1.54) is 40.8 Å². The number of urea groups is 1. The zero-order valence-electron chi connectivity index (χ0n) is 18.1. The number of methoxy groups -OCH3 is 1. The maximum Gasteiger partial charge on any atom is 0.339 e. The van der Waals surface area contributed by atoms with Crippen LogP contribution in [0.5, 0.6) is 0 Å². The quantitative estimate of drug-likeness (QED) is 0.533. The summed E-state index contributed by atoms with van der Waals surface area (Å²) in [7, 11) is 1.34. The number of ether oxygens (including phenoxy) is 1. The Bertz CT molecular complexity index is 1160. The van der Waals surface area contributed by atoms with E-state index in [-0.39, 0.29) is 12.1 Å². The van der Waals surface area contributed by atoms with Crippen molar-refractivity contribution in [1.82, 2.24) is 4.90 Å². The normalized spacial score (nSPS) is 17.3. The van der Waals surface area contributed by atoms with Gasteiger partial charge in [-0.3, -0.25) is 0 Å². The fourth-order valence-corrected chi connectivity index (χ4v) is 6.49. The topological polar surface area (TPSA) is 58.6 Å². The van der Waals surface area contributed by atoms with Crippen LogP contribution in [0, 0.1) is 0 Å². The third kappa shape index (κ3) is 3.69. The van der Waals surface area contributed by atoms with E-state index in [2.05, 4.69) is 17.4 Å². The average molecular weight is 447 g/mol. The maximum absolute atomic E-state index is 13.5. The van der Waals surface area contributed by atoms with E-state index in [4.69, 9.17) is 4.74 Å². The summed E-state index contributed by atoms with van der Waals surface area (Å²) >= 11 is 1.88. The predicted molar refractivity (Wildman–Crippen MR) is 126 cm³/mol. The van der Waals surface area contributed by atoms with Gasteiger partial charge in [-0.25, -0.2) is 9.59 Å². The van der Waals surface area contributed by atoms with Gasteiger partial charge in [-0.1, -0.05) is 42.5 Å². The first-order chi connectivity index (χ1) is 15.7. The number of carbonyl (C=O) groups is 2. The number of benzene rings is 2. The Balaban J connectivity index is 1.52. The van der Waals surface area contributed by atoms with Crippen molar-refractivity contribution in [3.05, 3.63) is 86.6 Å². The Morgan fingerprint density at radius 2 is 1.72 bits per heavy atom. The molecular formula is C26H26N2O3S. The lowest BCUT2D eigenvalue weighted by Crippen LogP contribution is -2.42. The molecule has 2 heterocycles. The highest BCUT2D eigenvalue weighted by molar-refractivity contribution is 7.12. The first-order valence-corrected chi connectivity index (χ1v) is 11.9. The van der Waals surface area contributed by atoms with Crippen molar-refractivity contribution in [1.29, 1.82) is 0 Å². The second-order valence-corrected chi connectivity index (χ2v) is 9.41. The average Bonchev–Trinajstić information content (AvgIpc) is 3.22. The summed E-state index contributed by atoms with van der Waals surface area (Å²) in [4.78, 5) is 30.4. The minimum absolute atomic E-state index is 0.124. The van der Waals surface area contributed by atoms with E-state index in [0.717, 1.165) is 24.8 Å². The van der Waals surface area contributed by atoms with Crippen molar-refractivity contribution in [2.75, 3.05) is 19.0 Å². The van der Waals surface area contributed by atoms with Gasteiger partial charge in [-0.15, -0.1) is 11.3 Å². The molecule has 164 valence electrons. The number of nitrogens with one attached hydrogen (secondary N) is 1. The van der Waals surface area contributed by atoms with E-state index in [0.29, 0.717) is 17.8 Å². The molecule has 32 heavy (non-hydrogen) atoms. The first-order valence-electron chi connectivity index (χ1n) is 11.1. The van der Waals surface area contributed by atoms with Crippen molar-refractivity contribution < 1.29 is 14.3 Å². The Morgan fingerprint density at radius 3 is 2.53 bits per heavy atom. The SMILES string of the molecule is COC(=O)c1ccccc1NC(=O)N1CCc2c(sc3c2CCCC3)[C@@H]1c1ccccc1. The molecule has 2 amide bonds. The van der Waals surface area contributed by atoms with Crippen molar-refractivity contribution in [2.45, 2.75) is 38.1 Å². The molecule has 1 aliphatic heterocycles. The van der Waals surface area contributed by atoms with Crippen LogP contribution in [0.1, 0.15) is 55.7 Å². The number of fused-ring (bicyclic) bond motifs is 3. The standard InChI is InChI=1S/C26H26N2O3S/c1-31-25(29)20-12-5-7-13-21(20)27-26(30)28-16-15-19-18-11-6-8-14-22(18)32-24(19)23(28)17-9-3-2-4-10-17/h2-5,7,9-10,12-13,23H,6,8,11,14-16H2,1H3,(H,27,30)/t23-/m0/s1. The molecule has 0 unspecified atom stereocenters. The van der Waals surface area contributed by atoms with Gasteiger partial charge in [0.2, 0.25) is 0 Å². The molecule has 0 bridgehead atoms. The minimum atomic E-state index is -0.465. The largest absolute Gasteiger partial charge is 0.465 e. The number of thiophene rings is 1. The number of nitrogens with zero attached hydrogens (tertiary/aromatic N) is 1. The van der Waals surface area contributed by atoms with Crippen LogP contribution in [0.2, 0.25) is 0 Å². The molecule has 2 aliphatic rings. The molecule has 1 aromatic heterocycles. The van der Waals surface area contributed by atoms with E-state index in [1.807, 2.05) is 34.4 Å². The summed E-state index contributed by atoms with van der Waals surface area (Å²) in [5.41, 5.74) is 4.92. The molecule has 0 spiro atoms. The molecule has 5 nitrogen and oxygen atoms in total. The van der Waals surface area contributed by atoms with E-state index < -0.39 is 5.97 Å². The van der Waals surface area contributed by atoms with Gasteiger partial charge in [-0.2, -0.15) is 0 Å². The van der Waals surface area contributed by atoms with Crippen molar-refractivity contribution in [3.63, 3.8) is 0 Å². The second-order valence-electron chi connectivity index (χ2n) is 8.28. The number of amides is 2. The van der Waals surface area contributed by atoms with E-state index in [1.54, 1.807) is 24.3 Å². The van der Waals surface area contributed by atoms with Crippen LogP contribution in [0.15, 0.2) is 54.6 Å². The lowest BCUT2D eigenvalue weighted by Gasteiger charge is -2.36. The lowest BCUT2D eigenvalue weighted by molar-refractivity contribution is 0.0602. The van der Waals surface area contributed by atoms with Crippen molar-refractivity contribution >= 4 is 29.0 Å². The Labute approximate surface area is 192 Å². The highest BCUT2D eigenvalue weighted by Gasteiger charge is 2.36. The van der Waals surface area contributed by atoms with Crippen LogP contribution in [0.25, 0.3) is 0 Å². The summed E-state index contributed by atoms with van der Waals surface area (Å²) in [6, 6.07) is 16.9. The number of anilines is 1. The van der Waals surface area contributed by atoms with E-state index in [9.17, 15) is 9.59 Å². The molecule has 1 N–H and O–H groups in total. The number of rotatable bonds is 3. The van der Waals surface area contributed by atoms with Crippen LogP contribution in [-0.2, 0) is 24.0 Å². The molecule has 3 aromatic rings. The lowest BCUT2D eigenvalue weighted by atomic mass is 9.88. The third-order valence-electron chi connectivity index (χ3n) is 6.42. The number of para-hydroxylation sites is 1. The van der Waals surface area contributed by atoms with Gasteiger partial charge in [0, 0.05) is 16.3 Å². The Morgan fingerprint density at radius 1 is 0.969 bits per heavy atom. The monoisotopic (exact) mass is 446 g/mol. The number of hydrogen-bond donors (Lipinski definition) is 1. The molecule has 0 saturated carbocycles. The smallest absolute Gasteiger partial charge is 0.339 e. The summed E-state index contributed by atoms with van der Waals surface area (Å²) in [6.07, 6.45) is 5.67. The molecule has 0 fully saturated rings. The molecule has 0 saturated heterocycles. The molecule has 6 heteroatoms. The van der Waals surface area contributed by atoms with Gasteiger partial charge in [0.25, 0.3) is 0 Å². The van der Waals surface area contributed by atoms with Gasteiger partial charge in [0.1, 0.15) is 0 Å². The zero-order valence-corrected chi connectivity index (χ0v) is 18.9. The van der Waals surface area contributed by atoms with Gasteiger partial charge in [0.15, 0.2) is 0 Å². The van der Waals surface area contributed by atoms with Crippen LogP contribution in [0.4, 0.5) is 10.5 Å². The summed E-state index contributed by atoms with van der Waals surface area (Å²) in [6.45, 7) is 0.641. The fourth-order valence-electron chi connectivity index (χ4n) is 4.90. The summed E-state index contributed by atoms with van der Waals surface area (Å²) in [5, 5.41) is 2.98. The first kappa shape index (κ1) is 20.8. The number of aryl methyl sites for hydroxylation is 1. The molecule has 2 aromatic carbocycles. The summed E-state index contributed by atoms with van der Waals surface area (Å²) in [5.74, 6) is -0.465. The van der Waals surface area contributed by atoms with Gasteiger partial charge < -0.3 is 15.0 Å². The molecule has 5 rings (SSSR count). The van der Waals surface area contributed by atoms with Crippen LogP contribution >= 0.6 is 11.3 Å². The summed E-state index contributed by atoms with van der Waals surface area (Å²) < 4.78 is 4.89. The Hall–Kier alpha value is -3.12. The molecular weight excluding hydrogens is 420 g/mol. The minimum Gasteiger partial charge on any atom is -0.465 e. The van der Waals surface area contributed by atoms with Crippen LogP contribution in [0.3, 0.4) is 0 Å². The predicted octanol–water partition coefficient (Wildman–Crippen LogP) is 5.59. The molecule has 1 aliphatic carbocycles. The fraction of sp³-hybridized carbons (Fsp3) is 0.308. The number of esters is 1. The number of carbonyl (C=O) groups excluding carboxylic acids is 2. The maximum atomic E-state index is 13.5. The third-order valence-corrected chi connectivity index (χ3v) is 7.81. The van der Waals surface area contributed by atoms with Crippen LogP contribution < -0.4 is 5.32 Å². The van der Waals surface area contributed by atoms with Gasteiger partial charge >= 0.3 is 12.0 Å². The van der Waals surface area contributed by atoms with Crippen molar-refractivity contribution in [3.8, 4) is 0 Å². The Kier molecular flexibility index (Phi) is 5.70. The van der Waals surface area contributed by atoms with Crippen molar-refractivity contribution in [2.24, 2.45) is 0 Å². The zero-order chi connectivity index (χ0) is 22.1. The highest BCUT2D eigenvalue weighted by atomic mass is 32.1. The molecule has 0 radical (unpaired) electrons. The number of hydrogen-bond acceptors (Lipinski definition) is 4. The highest BCUT2D eigenvalue weighted by Crippen LogP contribution is 2.45.